The van der Waals surface area contributed by atoms with E-state index in [0.29, 0.717) is 18.0 Å². The molecule has 0 aromatic heterocycles. The van der Waals surface area contributed by atoms with Gasteiger partial charge in [0.25, 0.3) is 0 Å². The number of sulfonamides is 1. The zero-order chi connectivity index (χ0) is 14.1. The van der Waals surface area contributed by atoms with Crippen LogP contribution in [-0.2, 0) is 16.4 Å². The molecule has 1 aromatic rings. The summed E-state index contributed by atoms with van der Waals surface area (Å²) >= 11 is 1.71. The molecule has 0 unspecified atom stereocenters. The largest absolute Gasteiger partial charge is 0.330 e. The Hall–Kier alpha value is -0.560. The van der Waals surface area contributed by atoms with Crippen LogP contribution >= 0.6 is 11.8 Å². The minimum atomic E-state index is -3.36. The summed E-state index contributed by atoms with van der Waals surface area (Å²) in [7, 11) is -3.36. The Morgan fingerprint density at radius 3 is 2.47 bits per heavy atom. The Labute approximate surface area is 120 Å². The Bertz CT molecular complexity index is 458. The van der Waals surface area contributed by atoms with E-state index >= 15 is 0 Å². The summed E-state index contributed by atoms with van der Waals surface area (Å²) in [6.45, 7) is 1.13. The SMILES string of the molecule is CSCCCNS(=O)(=O)c1ccc(CCCN)cc1. The quantitative estimate of drug-likeness (QED) is 0.680. The second kappa shape index (κ2) is 8.58. The van der Waals surface area contributed by atoms with Crippen LogP contribution in [0.25, 0.3) is 0 Å². The van der Waals surface area contributed by atoms with Gasteiger partial charge in [-0.15, -0.1) is 0 Å². The van der Waals surface area contributed by atoms with Gasteiger partial charge < -0.3 is 5.73 Å². The minimum Gasteiger partial charge on any atom is -0.330 e. The van der Waals surface area contributed by atoms with Crippen molar-refractivity contribution in [2.75, 3.05) is 25.1 Å². The van der Waals surface area contributed by atoms with E-state index in [1.54, 1.807) is 23.9 Å². The molecule has 0 saturated carbocycles. The van der Waals surface area contributed by atoms with Crippen molar-refractivity contribution < 1.29 is 8.42 Å². The average molecular weight is 302 g/mol. The average Bonchev–Trinajstić information content (AvgIpc) is 2.42. The van der Waals surface area contributed by atoms with Gasteiger partial charge in [-0.3, -0.25) is 0 Å². The first-order valence-corrected chi connectivity index (χ1v) is 9.25. The highest BCUT2D eigenvalue weighted by molar-refractivity contribution is 7.98. The van der Waals surface area contributed by atoms with Gasteiger partial charge in [0.05, 0.1) is 4.90 Å². The highest BCUT2D eigenvalue weighted by Gasteiger charge is 2.12. The molecule has 0 aliphatic heterocycles. The first kappa shape index (κ1) is 16.5. The van der Waals surface area contributed by atoms with Gasteiger partial charge in [0.2, 0.25) is 10.0 Å². The van der Waals surface area contributed by atoms with Crippen molar-refractivity contribution in [3.63, 3.8) is 0 Å². The van der Waals surface area contributed by atoms with Gasteiger partial charge in [-0.05, 0) is 55.5 Å². The third-order valence-corrected chi connectivity index (χ3v) is 4.89. The number of nitrogens with one attached hydrogen (secondary N) is 1. The van der Waals surface area contributed by atoms with Gasteiger partial charge in [-0.2, -0.15) is 11.8 Å². The lowest BCUT2D eigenvalue weighted by molar-refractivity contribution is 0.581. The molecule has 0 aliphatic rings. The van der Waals surface area contributed by atoms with E-state index in [9.17, 15) is 8.42 Å². The molecule has 0 fully saturated rings. The number of nitrogens with two attached hydrogens (primary N) is 1. The van der Waals surface area contributed by atoms with Crippen LogP contribution in [0.15, 0.2) is 29.2 Å². The lowest BCUT2D eigenvalue weighted by Crippen LogP contribution is -2.25. The predicted octanol–water partition coefficient (Wildman–Crippen LogP) is 1.61. The molecule has 0 amide bonds. The number of thioether (sulfide) groups is 1. The third kappa shape index (κ3) is 5.95. The van der Waals surface area contributed by atoms with Gasteiger partial charge in [0.15, 0.2) is 0 Å². The van der Waals surface area contributed by atoms with Gasteiger partial charge in [-0.25, -0.2) is 13.1 Å². The first-order valence-electron chi connectivity index (χ1n) is 6.38. The fourth-order valence-corrected chi connectivity index (χ4v) is 3.15. The van der Waals surface area contributed by atoms with E-state index in [0.717, 1.165) is 30.6 Å². The van der Waals surface area contributed by atoms with E-state index in [2.05, 4.69) is 4.72 Å². The summed E-state index contributed by atoms with van der Waals surface area (Å²) in [5, 5.41) is 0. The fraction of sp³-hybridized carbons (Fsp3) is 0.538. The van der Waals surface area contributed by atoms with Crippen LogP contribution in [0.1, 0.15) is 18.4 Å². The maximum atomic E-state index is 12.0. The lowest BCUT2D eigenvalue weighted by atomic mass is 10.1. The van der Waals surface area contributed by atoms with Crippen LogP contribution < -0.4 is 10.5 Å². The third-order valence-electron chi connectivity index (χ3n) is 2.72. The fourth-order valence-electron chi connectivity index (χ4n) is 1.65. The Balaban J connectivity index is 2.58. The Morgan fingerprint density at radius 1 is 1.21 bits per heavy atom. The summed E-state index contributed by atoms with van der Waals surface area (Å²) < 4.78 is 26.6. The smallest absolute Gasteiger partial charge is 0.240 e. The maximum absolute atomic E-state index is 12.0. The van der Waals surface area contributed by atoms with Crippen molar-refractivity contribution in [1.29, 1.82) is 0 Å². The molecular formula is C13H22N2O2S2. The number of aryl methyl sites for hydroxylation is 1. The molecule has 108 valence electrons. The summed E-state index contributed by atoms with van der Waals surface area (Å²) in [5.41, 5.74) is 6.56. The van der Waals surface area contributed by atoms with E-state index in [1.807, 2.05) is 18.4 Å². The van der Waals surface area contributed by atoms with Crippen LogP contribution in [0.3, 0.4) is 0 Å². The number of hydrogen-bond acceptors (Lipinski definition) is 4. The molecule has 0 spiro atoms. The lowest BCUT2D eigenvalue weighted by Gasteiger charge is -2.07. The van der Waals surface area contributed by atoms with Gasteiger partial charge in [0.1, 0.15) is 0 Å². The number of rotatable bonds is 9. The Kier molecular flexibility index (Phi) is 7.45. The van der Waals surface area contributed by atoms with Crippen LogP contribution in [0, 0.1) is 0 Å². The predicted molar refractivity (Wildman–Crippen MR) is 82.0 cm³/mol. The van der Waals surface area contributed by atoms with E-state index < -0.39 is 10.0 Å². The second-order valence-electron chi connectivity index (χ2n) is 4.28. The molecule has 0 radical (unpaired) electrons. The molecule has 1 aromatic carbocycles. The number of hydrogen-bond donors (Lipinski definition) is 2. The molecule has 3 N–H and O–H groups in total. The van der Waals surface area contributed by atoms with Crippen molar-refractivity contribution in [1.82, 2.24) is 4.72 Å². The summed E-state index contributed by atoms with van der Waals surface area (Å²) in [4.78, 5) is 0.327. The van der Waals surface area contributed by atoms with Crippen molar-refractivity contribution >= 4 is 21.8 Å². The monoisotopic (exact) mass is 302 g/mol. The van der Waals surface area contributed by atoms with Crippen molar-refractivity contribution in [3.05, 3.63) is 29.8 Å². The summed E-state index contributed by atoms with van der Waals surface area (Å²) in [6.07, 6.45) is 4.65. The molecule has 4 nitrogen and oxygen atoms in total. The van der Waals surface area contributed by atoms with E-state index in [1.165, 1.54) is 0 Å². The summed E-state index contributed by atoms with van der Waals surface area (Å²) in [6, 6.07) is 7.02. The summed E-state index contributed by atoms with van der Waals surface area (Å²) in [5.74, 6) is 0.959. The molecule has 0 atom stereocenters. The molecule has 19 heavy (non-hydrogen) atoms. The van der Waals surface area contributed by atoms with Crippen LogP contribution in [0.4, 0.5) is 0 Å². The van der Waals surface area contributed by atoms with Crippen molar-refractivity contribution in [2.45, 2.75) is 24.2 Å². The molecule has 0 bridgehead atoms. The Morgan fingerprint density at radius 2 is 1.89 bits per heavy atom. The molecular weight excluding hydrogens is 280 g/mol. The highest BCUT2D eigenvalue weighted by Crippen LogP contribution is 2.11. The highest BCUT2D eigenvalue weighted by atomic mass is 32.2. The standard InChI is InChI=1S/C13H22N2O2S2/c1-18-11-3-10-15-19(16,17)13-7-5-12(6-8-13)4-2-9-14/h5-8,15H,2-4,9-11,14H2,1H3. The number of benzene rings is 1. The first-order chi connectivity index (χ1) is 9.10. The molecule has 0 saturated heterocycles. The zero-order valence-electron chi connectivity index (χ0n) is 11.3. The van der Waals surface area contributed by atoms with Crippen LogP contribution in [-0.4, -0.2) is 33.5 Å². The van der Waals surface area contributed by atoms with Crippen LogP contribution in [0.2, 0.25) is 0 Å². The van der Waals surface area contributed by atoms with Crippen molar-refractivity contribution in [3.8, 4) is 0 Å². The zero-order valence-corrected chi connectivity index (χ0v) is 12.9. The normalized spacial score (nSPS) is 11.7. The molecule has 1 rings (SSSR count). The maximum Gasteiger partial charge on any atom is 0.240 e. The molecule has 6 heteroatoms. The minimum absolute atomic E-state index is 0.327. The van der Waals surface area contributed by atoms with E-state index in [4.69, 9.17) is 5.73 Å². The van der Waals surface area contributed by atoms with Crippen LogP contribution in [0.5, 0.6) is 0 Å². The van der Waals surface area contributed by atoms with E-state index in [-0.39, 0.29) is 0 Å². The topological polar surface area (TPSA) is 72.2 Å². The molecule has 0 aliphatic carbocycles. The van der Waals surface area contributed by atoms with Gasteiger partial charge >= 0.3 is 0 Å². The molecule has 0 heterocycles. The second-order valence-corrected chi connectivity index (χ2v) is 7.03. The van der Waals surface area contributed by atoms with Crippen molar-refractivity contribution in [2.24, 2.45) is 5.73 Å². The van der Waals surface area contributed by atoms with Gasteiger partial charge in [-0.1, -0.05) is 12.1 Å². The van der Waals surface area contributed by atoms with Gasteiger partial charge in [0, 0.05) is 6.54 Å².